The molecular formula is C19H23NO5S. The van der Waals surface area contributed by atoms with E-state index < -0.39 is 10.0 Å². The normalized spacial score (nSPS) is 14.1. The van der Waals surface area contributed by atoms with Gasteiger partial charge in [-0.1, -0.05) is 18.2 Å². The Bertz CT molecular complexity index is 823. The van der Waals surface area contributed by atoms with E-state index in [0.29, 0.717) is 44.3 Å². The molecule has 0 fully saturated rings. The van der Waals surface area contributed by atoms with E-state index >= 15 is 0 Å². The lowest BCUT2D eigenvalue weighted by Gasteiger charge is -2.18. The fourth-order valence-electron chi connectivity index (χ4n) is 2.60. The summed E-state index contributed by atoms with van der Waals surface area (Å²) in [6.45, 7) is 1.90. The van der Waals surface area contributed by atoms with Crippen LogP contribution in [0.15, 0.2) is 53.4 Å². The number of benzene rings is 2. The van der Waals surface area contributed by atoms with Gasteiger partial charge in [0.1, 0.15) is 5.75 Å². The van der Waals surface area contributed by atoms with Gasteiger partial charge in [0.15, 0.2) is 11.5 Å². The van der Waals surface area contributed by atoms with Gasteiger partial charge in [-0.25, -0.2) is 12.7 Å². The third kappa shape index (κ3) is 4.47. The largest absolute Gasteiger partial charge is 0.494 e. The molecule has 0 saturated heterocycles. The minimum atomic E-state index is -3.59. The molecule has 2 aromatic rings. The van der Waals surface area contributed by atoms with Gasteiger partial charge >= 0.3 is 0 Å². The van der Waals surface area contributed by atoms with Gasteiger partial charge < -0.3 is 14.2 Å². The molecule has 0 atom stereocenters. The Kier molecular flexibility index (Phi) is 6.00. The zero-order valence-electron chi connectivity index (χ0n) is 14.8. The molecule has 0 unspecified atom stereocenters. The van der Waals surface area contributed by atoms with Crippen molar-refractivity contribution in [2.24, 2.45) is 0 Å². The lowest BCUT2D eigenvalue weighted by Crippen LogP contribution is -2.28. The molecule has 0 aliphatic carbocycles. The van der Waals surface area contributed by atoms with Gasteiger partial charge in [0.25, 0.3) is 0 Å². The van der Waals surface area contributed by atoms with Crippen molar-refractivity contribution in [2.75, 3.05) is 33.4 Å². The van der Waals surface area contributed by atoms with Crippen LogP contribution in [-0.2, 0) is 10.0 Å². The van der Waals surface area contributed by atoms with Gasteiger partial charge in [0.05, 0.1) is 24.7 Å². The molecule has 3 rings (SSSR count). The second kappa shape index (κ2) is 8.42. The van der Waals surface area contributed by atoms with E-state index in [2.05, 4.69) is 0 Å². The molecule has 7 heteroatoms. The maximum absolute atomic E-state index is 12.8. The summed E-state index contributed by atoms with van der Waals surface area (Å²) in [7, 11) is -2.02. The lowest BCUT2D eigenvalue weighted by atomic mass is 10.3. The van der Waals surface area contributed by atoms with Crippen molar-refractivity contribution in [3.05, 3.63) is 48.5 Å². The summed E-state index contributed by atoms with van der Waals surface area (Å²) >= 11 is 0. The van der Waals surface area contributed by atoms with Gasteiger partial charge in [-0.15, -0.1) is 0 Å². The highest BCUT2D eigenvalue weighted by molar-refractivity contribution is 7.89. The van der Waals surface area contributed by atoms with Crippen molar-refractivity contribution in [1.82, 2.24) is 4.31 Å². The summed E-state index contributed by atoms with van der Waals surface area (Å²) in [5, 5.41) is 0. The van der Waals surface area contributed by atoms with Crippen molar-refractivity contribution in [3.63, 3.8) is 0 Å². The number of para-hydroxylation sites is 1. The second-order valence-corrected chi connectivity index (χ2v) is 8.05. The summed E-state index contributed by atoms with van der Waals surface area (Å²) in [5.74, 6) is 1.84. The molecule has 0 saturated carbocycles. The molecule has 0 aromatic heterocycles. The van der Waals surface area contributed by atoms with Crippen LogP contribution in [0.4, 0.5) is 0 Å². The van der Waals surface area contributed by atoms with Crippen LogP contribution in [0.3, 0.4) is 0 Å². The Balaban J connectivity index is 1.59. The number of ether oxygens (including phenoxy) is 3. The highest BCUT2D eigenvalue weighted by Crippen LogP contribution is 2.32. The third-order valence-corrected chi connectivity index (χ3v) is 5.91. The highest BCUT2D eigenvalue weighted by Gasteiger charge is 2.23. The van der Waals surface area contributed by atoms with Crippen LogP contribution < -0.4 is 14.2 Å². The number of nitrogens with zero attached hydrogens (tertiary/aromatic N) is 1. The molecule has 6 nitrogen and oxygen atoms in total. The van der Waals surface area contributed by atoms with E-state index in [9.17, 15) is 8.42 Å². The minimum Gasteiger partial charge on any atom is -0.494 e. The Labute approximate surface area is 154 Å². The maximum atomic E-state index is 12.8. The van der Waals surface area contributed by atoms with Crippen LogP contribution in [0.5, 0.6) is 17.2 Å². The first-order valence-corrected chi connectivity index (χ1v) is 10.1. The lowest BCUT2D eigenvalue weighted by molar-refractivity contribution is 0.296. The SMILES string of the molecule is CN(CCCOc1ccccc1)S(=O)(=O)c1ccc2c(c1)OCCCO2. The molecule has 0 radical (unpaired) electrons. The quantitative estimate of drug-likeness (QED) is 0.694. The zero-order chi connectivity index (χ0) is 18.4. The van der Waals surface area contributed by atoms with E-state index in [1.807, 2.05) is 30.3 Å². The average Bonchev–Trinajstić information content (AvgIpc) is 2.90. The van der Waals surface area contributed by atoms with Crippen molar-refractivity contribution in [1.29, 1.82) is 0 Å². The molecular weight excluding hydrogens is 354 g/mol. The highest BCUT2D eigenvalue weighted by atomic mass is 32.2. The van der Waals surface area contributed by atoms with E-state index in [0.717, 1.165) is 12.2 Å². The number of sulfonamides is 1. The second-order valence-electron chi connectivity index (χ2n) is 6.00. The van der Waals surface area contributed by atoms with Crippen molar-refractivity contribution in [3.8, 4) is 17.2 Å². The number of fused-ring (bicyclic) bond motifs is 1. The summed E-state index contributed by atoms with van der Waals surface area (Å²) in [6, 6.07) is 14.2. The minimum absolute atomic E-state index is 0.202. The first-order chi connectivity index (χ1) is 12.6. The smallest absolute Gasteiger partial charge is 0.242 e. The predicted molar refractivity (Wildman–Crippen MR) is 98.4 cm³/mol. The molecule has 0 bridgehead atoms. The monoisotopic (exact) mass is 377 g/mol. The molecule has 1 aliphatic rings. The topological polar surface area (TPSA) is 65.1 Å². The molecule has 1 aliphatic heterocycles. The summed E-state index contributed by atoms with van der Waals surface area (Å²) in [5.41, 5.74) is 0. The fraction of sp³-hybridized carbons (Fsp3) is 0.368. The Morgan fingerprint density at radius 2 is 1.77 bits per heavy atom. The van der Waals surface area contributed by atoms with Crippen LogP contribution in [0.2, 0.25) is 0 Å². The molecule has 26 heavy (non-hydrogen) atoms. The van der Waals surface area contributed by atoms with Crippen LogP contribution >= 0.6 is 0 Å². The average molecular weight is 377 g/mol. The van der Waals surface area contributed by atoms with Crippen molar-refractivity contribution >= 4 is 10.0 Å². The van der Waals surface area contributed by atoms with Crippen molar-refractivity contribution in [2.45, 2.75) is 17.7 Å². The predicted octanol–water partition coefficient (Wildman–Crippen LogP) is 2.94. The van der Waals surface area contributed by atoms with Gasteiger partial charge in [-0.2, -0.15) is 0 Å². The molecule has 0 spiro atoms. The van der Waals surface area contributed by atoms with Crippen LogP contribution in [-0.4, -0.2) is 46.1 Å². The van der Waals surface area contributed by atoms with Crippen LogP contribution in [0.1, 0.15) is 12.8 Å². The van der Waals surface area contributed by atoms with E-state index in [1.165, 1.54) is 10.4 Å². The summed E-state index contributed by atoms with van der Waals surface area (Å²) < 4.78 is 43.6. The van der Waals surface area contributed by atoms with Gasteiger partial charge in [-0.3, -0.25) is 0 Å². The molecule has 0 N–H and O–H groups in total. The van der Waals surface area contributed by atoms with Gasteiger partial charge in [0, 0.05) is 26.1 Å². The number of hydrogen-bond acceptors (Lipinski definition) is 5. The summed E-state index contributed by atoms with van der Waals surface area (Å²) in [4.78, 5) is 0.202. The summed E-state index contributed by atoms with van der Waals surface area (Å²) in [6.07, 6.45) is 1.37. The number of hydrogen-bond donors (Lipinski definition) is 0. The number of rotatable bonds is 7. The molecule has 2 aromatic carbocycles. The Morgan fingerprint density at radius 3 is 2.54 bits per heavy atom. The van der Waals surface area contributed by atoms with E-state index in [1.54, 1.807) is 19.2 Å². The van der Waals surface area contributed by atoms with E-state index in [4.69, 9.17) is 14.2 Å². The van der Waals surface area contributed by atoms with Crippen LogP contribution in [0.25, 0.3) is 0 Å². The fourth-order valence-corrected chi connectivity index (χ4v) is 3.82. The van der Waals surface area contributed by atoms with Crippen LogP contribution in [0, 0.1) is 0 Å². The first kappa shape index (κ1) is 18.5. The van der Waals surface area contributed by atoms with E-state index in [-0.39, 0.29) is 4.90 Å². The molecule has 1 heterocycles. The Morgan fingerprint density at radius 1 is 1.04 bits per heavy atom. The molecule has 140 valence electrons. The Hall–Kier alpha value is -2.25. The van der Waals surface area contributed by atoms with Gasteiger partial charge in [-0.05, 0) is 30.7 Å². The van der Waals surface area contributed by atoms with Gasteiger partial charge in [0.2, 0.25) is 10.0 Å². The standard InChI is InChI=1S/C19H23NO5S/c1-20(11-5-12-23-16-7-3-2-4-8-16)26(21,22)17-9-10-18-19(15-17)25-14-6-13-24-18/h2-4,7-10,15H,5-6,11-14H2,1H3. The zero-order valence-corrected chi connectivity index (χ0v) is 15.6. The first-order valence-electron chi connectivity index (χ1n) is 8.61. The molecule has 0 amide bonds. The maximum Gasteiger partial charge on any atom is 0.242 e. The van der Waals surface area contributed by atoms with Crippen molar-refractivity contribution < 1.29 is 22.6 Å². The third-order valence-electron chi connectivity index (χ3n) is 4.06.